The van der Waals surface area contributed by atoms with Crippen LogP contribution in [0.1, 0.15) is 30.0 Å². The third-order valence-electron chi connectivity index (χ3n) is 2.59. The Kier molecular flexibility index (Phi) is 4.40. The van der Waals surface area contributed by atoms with Crippen molar-refractivity contribution in [2.24, 2.45) is 0 Å². The van der Waals surface area contributed by atoms with Gasteiger partial charge in [0.2, 0.25) is 0 Å². The normalized spacial score (nSPS) is 11.9. The molecule has 0 saturated carbocycles. The van der Waals surface area contributed by atoms with Crippen molar-refractivity contribution in [2.75, 3.05) is 5.33 Å². The van der Waals surface area contributed by atoms with Crippen LogP contribution in [0.15, 0.2) is 24.3 Å². The van der Waals surface area contributed by atoms with Gasteiger partial charge in [0.05, 0.1) is 0 Å². The number of hydrogen-bond donors (Lipinski definition) is 0. The van der Waals surface area contributed by atoms with Gasteiger partial charge in [-0.2, -0.15) is 0 Å². The van der Waals surface area contributed by atoms with Crippen molar-refractivity contribution in [3.8, 4) is 0 Å². The molecular formula is C13H17Br. The summed E-state index contributed by atoms with van der Waals surface area (Å²) in [5.74, 6) is 0. The number of hydrogen-bond acceptors (Lipinski definition) is 0. The maximum absolute atomic E-state index is 3.44. The van der Waals surface area contributed by atoms with E-state index in [0.717, 1.165) is 11.8 Å². The molecule has 1 aromatic rings. The average Bonchev–Trinajstić information content (AvgIpc) is 2.18. The highest BCUT2D eigenvalue weighted by molar-refractivity contribution is 9.09. The fourth-order valence-corrected chi connectivity index (χ4v) is 1.79. The molecule has 0 spiro atoms. The molecule has 0 aliphatic carbocycles. The third-order valence-corrected chi connectivity index (χ3v) is 3.05. The second kappa shape index (κ2) is 5.35. The lowest BCUT2D eigenvalue weighted by Gasteiger charge is -2.08. The minimum Gasteiger partial charge on any atom is -0.0925 e. The van der Waals surface area contributed by atoms with Gasteiger partial charge in [-0.1, -0.05) is 40.2 Å². The molecule has 0 radical (unpaired) electrons. The first-order valence-electron chi connectivity index (χ1n) is 4.96. The molecule has 0 unspecified atom stereocenters. The summed E-state index contributed by atoms with van der Waals surface area (Å²) in [5.41, 5.74) is 5.53. The summed E-state index contributed by atoms with van der Waals surface area (Å²) in [7, 11) is 0. The number of halogens is 1. The molecule has 14 heavy (non-hydrogen) atoms. The van der Waals surface area contributed by atoms with E-state index in [1.54, 1.807) is 0 Å². The van der Waals surface area contributed by atoms with Crippen LogP contribution < -0.4 is 0 Å². The Balaban J connectivity index is 3.01. The van der Waals surface area contributed by atoms with Crippen molar-refractivity contribution in [2.45, 2.75) is 27.2 Å². The van der Waals surface area contributed by atoms with Gasteiger partial charge in [0.15, 0.2) is 0 Å². The molecule has 0 aliphatic rings. The van der Waals surface area contributed by atoms with Gasteiger partial charge in [0.25, 0.3) is 0 Å². The van der Waals surface area contributed by atoms with Crippen LogP contribution in [0.4, 0.5) is 0 Å². The van der Waals surface area contributed by atoms with Gasteiger partial charge in [-0.15, -0.1) is 0 Å². The molecule has 0 heterocycles. The van der Waals surface area contributed by atoms with Gasteiger partial charge in [-0.3, -0.25) is 0 Å². The van der Waals surface area contributed by atoms with Crippen LogP contribution in [0.5, 0.6) is 0 Å². The molecule has 0 nitrogen and oxygen atoms in total. The Bertz CT molecular complexity index is 337. The van der Waals surface area contributed by atoms with E-state index in [9.17, 15) is 0 Å². The van der Waals surface area contributed by atoms with E-state index in [1.165, 1.54) is 22.3 Å². The van der Waals surface area contributed by atoms with E-state index >= 15 is 0 Å². The van der Waals surface area contributed by atoms with Gasteiger partial charge >= 0.3 is 0 Å². The zero-order chi connectivity index (χ0) is 10.6. The number of aryl methyl sites for hydroxylation is 1. The second-order valence-corrected chi connectivity index (χ2v) is 4.41. The molecule has 0 saturated heterocycles. The van der Waals surface area contributed by atoms with Crippen molar-refractivity contribution >= 4 is 21.5 Å². The maximum atomic E-state index is 3.44. The molecule has 1 rings (SSSR count). The first kappa shape index (κ1) is 11.5. The minimum absolute atomic E-state index is 1.04. The molecule has 0 aliphatic heterocycles. The highest BCUT2D eigenvalue weighted by Crippen LogP contribution is 2.21. The SMILES string of the molecule is C/C(=C\CCBr)c1cccc(C)c1C. The molecule has 76 valence electrons. The van der Waals surface area contributed by atoms with Crippen molar-refractivity contribution in [3.63, 3.8) is 0 Å². The zero-order valence-electron chi connectivity index (χ0n) is 9.10. The summed E-state index contributed by atoms with van der Waals surface area (Å²) in [4.78, 5) is 0. The highest BCUT2D eigenvalue weighted by atomic mass is 79.9. The quantitative estimate of drug-likeness (QED) is 0.696. The van der Waals surface area contributed by atoms with Crippen molar-refractivity contribution in [1.82, 2.24) is 0 Å². The van der Waals surface area contributed by atoms with E-state index in [0.29, 0.717) is 0 Å². The monoisotopic (exact) mass is 252 g/mol. The zero-order valence-corrected chi connectivity index (χ0v) is 10.7. The van der Waals surface area contributed by atoms with E-state index in [-0.39, 0.29) is 0 Å². The largest absolute Gasteiger partial charge is 0.0925 e. The summed E-state index contributed by atoms with van der Waals surface area (Å²) in [6.45, 7) is 6.54. The molecule has 1 aromatic carbocycles. The van der Waals surface area contributed by atoms with E-state index in [1.807, 2.05) is 0 Å². The van der Waals surface area contributed by atoms with Crippen LogP contribution in [0.3, 0.4) is 0 Å². The summed E-state index contributed by atoms with van der Waals surface area (Å²) >= 11 is 3.44. The predicted octanol–water partition coefficient (Wildman–Crippen LogP) is 4.49. The maximum Gasteiger partial charge on any atom is 0.00661 e. The number of benzene rings is 1. The Labute approximate surface area is 95.2 Å². The standard InChI is InChI=1S/C13H17Br/c1-10-6-4-8-13(12(10)3)11(2)7-5-9-14/h4,6-8H,5,9H2,1-3H3/b11-7+. The third kappa shape index (κ3) is 2.71. The topological polar surface area (TPSA) is 0 Å². The Morgan fingerprint density at radius 1 is 1.36 bits per heavy atom. The summed E-state index contributed by atoms with van der Waals surface area (Å²) < 4.78 is 0. The molecule has 0 amide bonds. The van der Waals surface area contributed by atoms with E-state index in [4.69, 9.17) is 0 Å². The van der Waals surface area contributed by atoms with Crippen LogP contribution in [-0.2, 0) is 0 Å². The van der Waals surface area contributed by atoms with Crippen LogP contribution in [0.2, 0.25) is 0 Å². The molecule has 0 N–H and O–H groups in total. The fraction of sp³-hybridized carbons (Fsp3) is 0.385. The van der Waals surface area contributed by atoms with Crippen molar-refractivity contribution in [3.05, 3.63) is 41.0 Å². The van der Waals surface area contributed by atoms with E-state index < -0.39 is 0 Å². The molecule has 0 fully saturated rings. The first-order valence-corrected chi connectivity index (χ1v) is 6.08. The first-order chi connectivity index (χ1) is 6.66. The van der Waals surface area contributed by atoms with Gasteiger partial charge in [0, 0.05) is 5.33 Å². The number of rotatable bonds is 3. The lowest BCUT2D eigenvalue weighted by molar-refractivity contribution is 1.24. The Morgan fingerprint density at radius 3 is 2.71 bits per heavy atom. The molecule has 1 heteroatoms. The van der Waals surface area contributed by atoms with Crippen LogP contribution in [0.25, 0.3) is 5.57 Å². The molecular weight excluding hydrogens is 236 g/mol. The molecule has 0 aromatic heterocycles. The van der Waals surface area contributed by atoms with Crippen molar-refractivity contribution < 1.29 is 0 Å². The predicted molar refractivity (Wildman–Crippen MR) is 68.0 cm³/mol. The van der Waals surface area contributed by atoms with Crippen LogP contribution in [-0.4, -0.2) is 5.33 Å². The number of alkyl halides is 1. The number of allylic oxidation sites excluding steroid dienone is 2. The average molecular weight is 253 g/mol. The van der Waals surface area contributed by atoms with Crippen molar-refractivity contribution in [1.29, 1.82) is 0 Å². The molecule has 0 bridgehead atoms. The van der Waals surface area contributed by atoms with Crippen LogP contribution in [0, 0.1) is 13.8 Å². The second-order valence-electron chi connectivity index (χ2n) is 3.61. The summed E-state index contributed by atoms with van der Waals surface area (Å²) in [5, 5.41) is 1.04. The smallest absolute Gasteiger partial charge is 0.00661 e. The van der Waals surface area contributed by atoms with Gasteiger partial charge in [-0.25, -0.2) is 0 Å². The van der Waals surface area contributed by atoms with Gasteiger partial charge in [-0.05, 0) is 49.5 Å². The van der Waals surface area contributed by atoms with Crippen LogP contribution >= 0.6 is 15.9 Å². The fourth-order valence-electron chi connectivity index (χ4n) is 1.56. The minimum atomic E-state index is 1.04. The lowest BCUT2D eigenvalue weighted by Crippen LogP contribution is -1.89. The van der Waals surface area contributed by atoms with Gasteiger partial charge < -0.3 is 0 Å². The highest BCUT2D eigenvalue weighted by Gasteiger charge is 2.01. The molecule has 0 atom stereocenters. The Hall–Kier alpha value is -0.560. The van der Waals surface area contributed by atoms with Gasteiger partial charge in [0.1, 0.15) is 0 Å². The summed E-state index contributed by atoms with van der Waals surface area (Å²) in [6.07, 6.45) is 3.38. The van der Waals surface area contributed by atoms with E-state index in [2.05, 4.69) is 61.0 Å². The lowest BCUT2D eigenvalue weighted by atomic mass is 9.97. The Morgan fingerprint density at radius 2 is 2.07 bits per heavy atom. The summed E-state index contributed by atoms with van der Waals surface area (Å²) in [6, 6.07) is 6.49.